The molecule has 1 aromatic carbocycles. The molecule has 3 rings (SSSR count). The molecular formula is C23H33N6O5P. The Hall–Kier alpha value is -3.01. The second-order valence-corrected chi connectivity index (χ2v) is 11.2. The fourth-order valence-corrected chi connectivity index (χ4v) is 5.29. The van der Waals surface area contributed by atoms with Crippen molar-refractivity contribution in [1.29, 1.82) is 0 Å². The van der Waals surface area contributed by atoms with E-state index >= 15 is 0 Å². The minimum absolute atomic E-state index is 0.288. The first kappa shape index (κ1) is 26.6. The summed E-state index contributed by atoms with van der Waals surface area (Å²) in [5.41, 5.74) is 6.67. The van der Waals surface area contributed by atoms with Gasteiger partial charge in [0.25, 0.3) is 0 Å². The van der Waals surface area contributed by atoms with Gasteiger partial charge >= 0.3 is 13.5 Å². The number of hydrogen-bond acceptors (Lipinski definition) is 9. The van der Waals surface area contributed by atoms with E-state index < -0.39 is 25.1 Å². The van der Waals surface area contributed by atoms with Crippen LogP contribution in [0.2, 0.25) is 0 Å². The van der Waals surface area contributed by atoms with Crippen molar-refractivity contribution in [3.05, 3.63) is 42.5 Å². The molecule has 3 aromatic rings. The standard InChI is InChI=1S/C23H33N6O5P/c1-15(2)33-22(30)23(5,6)28-35(31,34-18-9-7-16(3)8-10-18)14-32-17(4)11-29-13-27-19-20(24)25-12-26-21(19)29/h7-10,12-13,15,17H,11,14H2,1-6H3,(H,28,31)(H2,24,25,26)/t17-,35+/m1/s1. The zero-order valence-corrected chi connectivity index (χ0v) is 21.8. The number of ether oxygens (including phenoxy) is 2. The summed E-state index contributed by atoms with van der Waals surface area (Å²) < 4.78 is 32.8. The van der Waals surface area contributed by atoms with Gasteiger partial charge in [-0.05, 0) is 53.7 Å². The lowest BCUT2D eigenvalue weighted by Gasteiger charge is -2.31. The van der Waals surface area contributed by atoms with Crippen LogP contribution in [0.3, 0.4) is 0 Å². The molecule has 0 aliphatic heterocycles. The summed E-state index contributed by atoms with van der Waals surface area (Å²) in [7, 11) is -3.72. The largest absolute Gasteiger partial charge is 0.462 e. The van der Waals surface area contributed by atoms with E-state index in [1.165, 1.54) is 6.33 Å². The number of nitrogens with zero attached hydrogens (tertiary/aromatic N) is 4. The van der Waals surface area contributed by atoms with Gasteiger partial charge in [0.1, 0.15) is 29.5 Å². The van der Waals surface area contributed by atoms with Gasteiger partial charge in [0.05, 0.1) is 25.1 Å². The van der Waals surface area contributed by atoms with Crippen LogP contribution in [0.25, 0.3) is 11.2 Å². The Balaban J connectivity index is 1.76. The van der Waals surface area contributed by atoms with Gasteiger partial charge in [0.2, 0.25) is 0 Å². The van der Waals surface area contributed by atoms with Crippen molar-refractivity contribution in [3.63, 3.8) is 0 Å². The van der Waals surface area contributed by atoms with Crippen LogP contribution in [0, 0.1) is 6.92 Å². The first-order valence-corrected chi connectivity index (χ1v) is 13.1. The number of aromatic nitrogens is 4. The molecule has 12 heteroatoms. The number of nitrogens with one attached hydrogen (secondary N) is 1. The monoisotopic (exact) mass is 504 g/mol. The van der Waals surface area contributed by atoms with Crippen molar-refractivity contribution in [2.45, 2.75) is 65.8 Å². The van der Waals surface area contributed by atoms with Crippen LogP contribution in [-0.2, 0) is 25.4 Å². The summed E-state index contributed by atoms with van der Waals surface area (Å²) in [5.74, 6) is 0.136. The lowest BCUT2D eigenvalue weighted by atomic mass is 10.1. The molecule has 0 amide bonds. The normalized spacial score (nSPS) is 14.6. The summed E-state index contributed by atoms with van der Waals surface area (Å²) >= 11 is 0. The smallest absolute Gasteiger partial charge is 0.342 e. The maximum atomic E-state index is 13.9. The highest BCUT2D eigenvalue weighted by atomic mass is 31.2. The molecule has 0 aliphatic rings. The highest BCUT2D eigenvalue weighted by Crippen LogP contribution is 2.45. The molecule has 0 bridgehead atoms. The highest BCUT2D eigenvalue weighted by molar-refractivity contribution is 7.57. The van der Waals surface area contributed by atoms with Crippen molar-refractivity contribution in [2.24, 2.45) is 0 Å². The van der Waals surface area contributed by atoms with Crippen molar-refractivity contribution in [3.8, 4) is 5.75 Å². The van der Waals surface area contributed by atoms with E-state index in [9.17, 15) is 9.36 Å². The van der Waals surface area contributed by atoms with Crippen LogP contribution in [-0.4, -0.2) is 49.6 Å². The van der Waals surface area contributed by atoms with Crippen molar-refractivity contribution in [2.75, 3.05) is 12.1 Å². The molecule has 35 heavy (non-hydrogen) atoms. The van der Waals surface area contributed by atoms with E-state index in [1.807, 2.05) is 26.0 Å². The number of nitrogen functional groups attached to an aromatic ring is 1. The lowest BCUT2D eigenvalue weighted by Crippen LogP contribution is -2.48. The van der Waals surface area contributed by atoms with Gasteiger partial charge in [0, 0.05) is 0 Å². The third-order valence-corrected chi connectivity index (χ3v) is 6.88. The van der Waals surface area contributed by atoms with Crippen LogP contribution in [0.15, 0.2) is 36.9 Å². The molecule has 0 spiro atoms. The summed E-state index contributed by atoms with van der Waals surface area (Å²) in [4.78, 5) is 25.0. The van der Waals surface area contributed by atoms with Crippen LogP contribution < -0.4 is 15.3 Å². The average molecular weight is 505 g/mol. The predicted molar refractivity (Wildman–Crippen MR) is 133 cm³/mol. The fourth-order valence-electron chi connectivity index (χ4n) is 3.27. The Bertz CT molecular complexity index is 1210. The molecule has 2 atom stereocenters. The maximum absolute atomic E-state index is 13.9. The minimum Gasteiger partial charge on any atom is -0.462 e. The van der Waals surface area contributed by atoms with Crippen molar-refractivity contribution in [1.82, 2.24) is 24.6 Å². The molecule has 0 saturated carbocycles. The zero-order chi connectivity index (χ0) is 25.8. The van der Waals surface area contributed by atoms with Gasteiger partial charge < -0.3 is 24.3 Å². The molecule has 3 N–H and O–H groups in total. The maximum Gasteiger partial charge on any atom is 0.342 e. The van der Waals surface area contributed by atoms with Crippen molar-refractivity contribution >= 4 is 30.5 Å². The molecule has 2 heterocycles. The number of carbonyl (C=O) groups excluding carboxylic acids is 1. The third-order valence-electron chi connectivity index (χ3n) is 4.99. The molecule has 190 valence electrons. The first-order valence-electron chi connectivity index (χ1n) is 11.3. The molecule has 0 saturated heterocycles. The Morgan fingerprint density at radius 2 is 1.86 bits per heavy atom. The third kappa shape index (κ3) is 7.00. The number of imidazole rings is 1. The number of nitrogens with two attached hydrogens (primary N) is 1. The van der Waals surface area contributed by atoms with Crippen LogP contribution in [0.4, 0.5) is 5.82 Å². The number of benzene rings is 1. The van der Waals surface area contributed by atoms with E-state index in [0.29, 0.717) is 23.5 Å². The highest BCUT2D eigenvalue weighted by Gasteiger charge is 2.40. The van der Waals surface area contributed by atoms with Crippen LogP contribution >= 0.6 is 7.52 Å². The lowest BCUT2D eigenvalue weighted by molar-refractivity contribution is -0.153. The van der Waals surface area contributed by atoms with Crippen LogP contribution in [0.5, 0.6) is 5.75 Å². The SMILES string of the molecule is Cc1ccc(O[P@@](=O)(CO[C@H](C)Cn2cnc3c(N)ncnc32)NC(C)(C)C(=O)OC(C)C)cc1. The average Bonchev–Trinajstić information content (AvgIpc) is 3.17. The molecule has 0 aliphatic carbocycles. The van der Waals surface area contributed by atoms with Gasteiger partial charge in [0.15, 0.2) is 11.5 Å². The van der Waals surface area contributed by atoms with Gasteiger partial charge in [-0.3, -0.25) is 9.36 Å². The zero-order valence-electron chi connectivity index (χ0n) is 20.9. The van der Waals surface area contributed by atoms with Crippen molar-refractivity contribution < 1.29 is 23.4 Å². The minimum atomic E-state index is -3.72. The number of esters is 1. The van der Waals surface area contributed by atoms with E-state index in [0.717, 1.165) is 5.56 Å². The van der Waals surface area contributed by atoms with E-state index in [1.54, 1.807) is 50.7 Å². The van der Waals surface area contributed by atoms with E-state index in [2.05, 4.69) is 20.0 Å². The molecule has 2 aromatic heterocycles. The Kier molecular flexibility index (Phi) is 8.15. The Labute approximate surface area is 204 Å². The second-order valence-electron chi connectivity index (χ2n) is 9.20. The molecule has 0 radical (unpaired) electrons. The molecule has 11 nitrogen and oxygen atoms in total. The fraction of sp³-hybridized carbons (Fsp3) is 0.478. The van der Waals surface area contributed by atoms with Gasteiger partial charge in [-0.1, -0.05) is 17.7 Å². The molecular weight excluding hydrogens is 471 g/mol. The molecule has 0 fully saturated rings. The topological polar surface area (TPSA) is 143 Å². The van der Waals surface area contributed by atoms with Crippen LogP contribution in [0.1, 0.15) is 40.2 Å². The number of carbonyl (C=O) groups is 1. The van der Waals surface area contributed by atoms with E-state index in [-0.39, 0.29) is 18.3 Å². The summed E-state index contributed by atoms with van der Waals surface area (Å²) in [6.07, 6.45) is 1.96. The Morgan fingerprint density at radius 3 is 2.51 bits per heavy atom. The Morgan fingerprint density at radius 1 is 1.17 bits per heavy atom. The number of aryl methyl sites for hydroxylation is 1. The second kappa shape index (κ2) is 10.7. The quantitative estimate of drug-likeness (QED) is 0.293. The number of rotatable bonds is 11. The van der Waals surface area contributed by atoms with Gasteiger partial charge in [-0.25, -0.2) is 20.0 Å². The number of hydrogen-bond donors (Lipinski definition) is 2. The van der Waals surface area contributed by atoms with Gasteiger partial charge in [-0.2, -0.15) is 0 Å². The number of fused-ring (bicyclic) bond motifs is 1. The summed E-state index contributed by atoms with van der Waals surface area (Å²) in [5, 5.41) is 2.87. The predicted octanol–water partition coefficient (Wildman–Crippen LogP) is 3.67. The number of anilines is 1. The molecule has 0 unspecified atom stereocenters. The van der Waals surface area contributed by atoms with E-state index in [4.69, 9.17) is 19.7 Å². The van der Waals surface area contributed by atoms with Gasteiger partial charge in [-0.15, -0.1) is 0 Å². The summed E-state index contributed by atoms with van der Waals surface area (Å²) in [6.45, 7) is 10.8. The first-order chi connectivity index (χ1) is 16.4. The summed E-state index contributed by atoms with van der Waals surface area (Å²) in [6, 6.07) is 7.13.